The molecular formula is C16H24FNOPY+. The van der Waals surface area contributed by atoms with Crippen LogP contribution in [0, 0.1) is 19.7 Å². The first-order valence-electron chi connectivity index (χ1n) is 7.07. The monoisotopic (exact) mass is 385 g/mol. The minimum absolute atomic E-state index is 0. The molecule has 0 spiro atoms. The van der Waals surface area contributed by atoms with Gasteiger partial charge in [0.2, 0.25) is 0 Å². The van der Waals surface area contributed by atoms with Gasteiger partial charge in [-0.1, -0.05) is 0 Å². The molecule has 0 unspecified atom stereocenters. The van der Waals surface area contributed by atoms with Gasteiger partial charge in [-0.3, -0.25) is 4.79 Å². The minimum atomic E-state index is -1.27. The summed E-state index contributed by atoms with van der Waals surface area (Å²) >= 11 is 0. The van der Waals surface area contributed by atoms with Gasteiger partial charge in [0.15, 0.2) is 5.16 Å². The first kappa shape index (κ1) is 19.2. The third kappa shape index (κ3) is 3.57. The van der Waals surface area contributed by atoms with Gasteiger partial charge in [0.1, 0.15) is 5.82 Å². The smallest absolute Gasteiger partial charge is 0.268 e. The summed E-state index contributed by atoms with van der Waals surface area (Å²) < 4.78 is 13.3. The first-order chi connectivity index (χ1) is 9.17. The topological polar surface area (TPSA) is 29.1 Å². The molecule has 1 aromatic carbocycles. The maximum Gasteiger partial charge on any atom is 0.268 e. The fourth-order valence-corrected chi connectivity index (χ4v) is 5.37. The second kappa shape index (κ2) is 6.73. The summed E-state index contributed by atoms with van der Waals surface area (Å²) in [4.78, 5) is 12.8. The number of hydrogen-bond acceptors (Lipinski definition) is 1. The summed E-state index contributed by atoms with van der Waals surface area (Å²) in [5.41, 5.74) is 2.35. The van der Waals surface area contributed by atoms with E-state index in [2.05, 4.69) is 25.3 Å². The standard InChI is InChI=1S/C16H23FNOP.Y/c1-11-9-13(17)10-12(2)14(11)18-15(19)16(7-6-8-16)20(3,4)5;/h9-10H,6-8H2,1-5H3;/p+1. The molecule has 1 amide bonds. The number of carbonyl (C=O) groups excluding carboxylic acids is 1. The molecule has 0 atom stereocenters. The Labute approximate surface area is 152 Å². The predicted molar refractivity (Wildman–Crippen MR) is 85.8 cm³/mol. The van der Waals surface area contributed by atoms with Gasteiger partial charge in [-0.15, -0.1) is 0 Å². The van der Waals surface area contributed by atoms with E-state index in [-0.39, 0.29) is 49.6 Å². The van der Waals surface area contributed by atoms with Crippen LogP contribution in [0.5, 0.6) is 0 Å². The molecule has 1 aliphatic carbocycles. The first-order valence-corrected chi connectivity index (χ1v) is 10.2. The zero-order valence-electron chi connectivity index (χ0n) is 13.6. The van der Waals surface area contributed by atoms with Crippen molar-refractivity contribution in [3.05, 3.63) is 29.1 Å². The van der Waals surface area contributed by atoms with E-state index in [9.17, 15) is 9.18 Å². The molecule has 0 bridgehead atoms. The van der Waals surface area contributed by atoms with E-state index in [1.165, 1.54) is 12.1 Å². The molecular weight excluding hydrogens is 361 g/mol. The van der Waals surface area contributed by atoms with Crippen LogP contribution in [0.2, 0.25) is 0 Å². The number of anilines is 1. The van der Waals surface area contributed by atoms with Crippen LogP contribution in [-0.2, 0) is 37.5 Å². The van der Waals surface area contributed by atoms with Gasteiger partial charge in [0.05, 0.1) is 0 Å². The molecule has 0 aliphatic heterocycles. The summed E-state index contributed by atoms with van der Waals surface area (Å²) in [7, 11) is -1.27. The molecule has 1 aliphatic rings. The third-order valence-corrected chi connectivity index (χ3v) is 7.84. The number of amides is 1. The van der Waals surface area contributed by atoms with Crippen molar-refractivity contribution in [2.24, 2.45) is 0 Å². The van der Waals surface area contributed by atoms with Gasteiger partial charge in [-0.05, 0) is 56.4 Å². The average molecular weight is 385 g/mol. The van der Waals surface area contributed by atoms with Crippen molar-refractivity contribution >= 4 is 18.9 Å². The third-order valence-electron chi connectivity index (χ3n) is 4.62. The van der Waals surface area contributed by atoms with Crippen LogP contribution in [0.15, 0.2) is 12.1 Å². The molecule has 0 heterocycles. The van der Waals surface area contributed by atoms with Crippen molar-refractivity contribution in [3.8, 4) is 0 Å². The van der Waals surface area contributed by atoms with Gasteiger partial charge in [0, 0.05) is 65.7 Å². The second-order valence-corrected chi connectivity index (χ2v) is 11.6. The minimum Gasteiger partial charge on any atom is -0.322 e. The Balaban J connectivity index is 0.00000220. The van der Waals surface area contributed by atoms with Crippen molar-refractivity contribution in [1.82, 2.24) is 0 Å². The van der Waals surface area contributed by atoms with E-state index in [1.54, 1.807) is 0 Å². The van der Waals surface area contributed by atoms with Crippen LogP contribution in [-0.4, -0.2) is 31.1 Å². The van der Waals surface area contributed by atoms with Crippen molar-refractivity contribution in [2.45, 2.75) is 38.3 Å². The van der Waals surface area contributed by atoms with Crippen LogP contribution >= 0.6 is 7.26 Å². The Morgan fingerprint density at radius 1 is 1.19 bits per heavy atom. The van der Waals surface area contributed by atoms with E-state index in [4.69, 9.17) is 0 Å². The van der Waals surface area contributed by atoms with Crippen molar-refractivity contribution in [2.75, 3.05) is 25.3 Å². The van der Waals surface area contributed by atoms with Crippen molar-refractivity contribution < 1.29 is 41.9 Å². The SMILES string of the molecule is Cc1cc(F)cc(C)c1NC(=O)C1([P+](C)(C)C)CCC1.[Y]. The van der Waals surface area contributed by atoms with Gasteiger partial charge in [-0.25, -0.2) is 4.39 Å². The Bertz CT molecular complexity index is 527. The quantitative estimate of drug-likeness (QED) is 0.777. The summed E-state index contributed by atoms with van der Waals surface area (Å²) in [6.45, 7) is 10.4. The summed E-state index contributed by atoms with van der Waals surface area (Å²) in [5, 5.41) is 2.90. The number of benzene rings is 1. The second-order valence-electron chi connectivity index (χ2n) is 6.77. The van der Waals surface area contributed by atoms with Crippen LogP contribution in [0.1, 0.15) is 30.4 Å². The Morgan fingerprint density at radius 2 is 1.67 bits per heavy atom. The van der Waals surface area contributed by atoms with Gasteiger partial charge < -0.3 is 5.32 Å². The molecule has 0 aromatic heterocycles. The summed E-state index contributed by atoms with van der Waals surface area (Å²) in [6, 6.07) is 2.95. The number of nitrogens with one attached hydrogen (secondary N) is 1. The number of carbonyl (C=O) groups is 1. The van der Waals surface area contributed by atoms with Crippen molar-refractivity contribution in [1.29, 1.82) is 0 Å². The Kier molecular flexibility index (Phi) is 6.15. The van der Waals surface area contributed by atoms with Crippen LogP contribution < -0.4 is 5.32 Å². The molecule has 0 saturated heterocycles. The molecule has 2 nitrogen and oxygen atoms in total. The fraction of sp³-hybridized carbons (Fsp3) is 0.562. The molecule has 1 radical (unpaired) electrons. The van der Waals surface area contributed by atoms with E-state index < -0.39 is 7.26 Å². The Morgan fingerprint density at radius 3 is 2.00 bits per heavy atom. The molecule has 21 heavy (non-hydrogen) atoms. The van der Waals surface area contributed by atoms with Crippen molar-refractivity contribution in [3.63, 3.8) is 0 Å². The number of aryl methyl sites for hydroxylation is 2. The van der Waals surface area contributed by atoms with Gasteiger partial charge in [0.25, 0.3) is 5.91 Å². The number of halogens is 1. The summed E-state index contributed by atoms with van der Waals surface area (Å²) in [6.07, 6.45) is 3.09. The molecule has 2 rings (SSSR count). The van der Waals surface area contributed by atoms with E-state index in [0.29, 0.717) is 0 Å². The number of rotatable bonds is 3. The normalized spacial score (nSPS) is 16.7. The average Bonchev–Trinajstić information content (AvgIpc) is 2.19. The maximum absolute atomic E-state index is 13.3. The number of hydrogen-bond donors (Lipinski definition) is 1. The van der Waals surface area contributed by atoms with E-state index >= 15 is 0 Å². The van der Waals surface area contributed by atoms with Crippen LogP contribution in [0.25, 0.3) is 0 Å². The largest absolute Gasteiger partial charge is 0.322 e. The maximum atomic E-state index is 13.3. The zero-order chi connectivity index (χ0) is 15.1. The summed E-state index contributed by atoms with van der Waals surface area (Å²) in [5.74, 6) is -0.123. The molecule has 113 valence electrons. The molecule has 1 saturated carbocycles. The van der Waals surface area contributed by atoms with Crippen LogP contribution in [0.3, 0.4) is 0 Å². The predicted octanol–water partition coefficient (Wildman–Crippen LogP) is 4.21. The Hall–Kier alpha value is 0.154. The molecule has 1 aromatic rings. The van der Waals surface area contributed by atoms with E-state index in [1.807, 2.05) is 13.8 Å². The van der Waals surface area contributed by atoms with E-state index in [0.717, 1.165) is 36.1 Å². The molecule has 5 heteroatoms. The molecule has 1 N–H and O–H groups in total. The van der Waals surface area contributed by atoms with Gasteiger partial charge >= 0.3 is 0 Å². The fourth-order valence-electron chi connectivity index (χ4n) is 3.05. The van der Waals surface area contributed by atoms with Gasteiger partial charge in [-0.2, -0.15) is 0 Å². The molecule has 1 fully saturated rings. The van der Waals surface area contributed by atoms with Crippen LogP contribution in [0.4, 0.5) is 10.1 Å². The zero-order valence-corrected chi connectivity index (χ0v) is 17.3.